The Labute approximate surface area is 391 Å². The Hall–Kier alpha value is -4.44. The van der Waals surface area contributed by atoms with Gasteiger partial charge in [-0.1, -0.05) is 140 Å². The van der Waals surface area contributed by atoms with Gasteiger partial charge in [-0.2, -0.15) is 0 Å². The van der Waals surface area contributed by atoms with Gasteiger partial charge in [0, 0.05) is 49.9 Å². The van der Waals surface area contributed by atoms with Crippen molar-refractivity contribution in [2.45, 2.75) is 147 Å². The second kappa shape index (κ2) is 22.8. The van der Waals surface area contributed by atoms with Crippen LogP contribution in [0.15, 0.2) is 97.0 Å². The van der Waals surface area contributed by atoms with Gasteiger partial charge >= 0.3 is 0 Å². The Balaban J connectivity index is 0.000000260. The molecule has 0 fully saturated rings. The van der Waals surface area contributed by atoms with Crippen LogP contribution in [0.4, 0.5) is 0 Å². The van der Waals surface area contributed by atoms with Gasteiger partial charge in [0.25, 0.3) is 0 Å². The molecule has 1 radical (unpaired) electrons. The van der Waals surface area contributed by atoms with E-state index in [9.17, 15) is 9.90 Å². The predicted molar refractivity (Wildman–Crippen MR) is 262 cm³/mol. The number of benzene rings is 4. The monoisotopic (exact) mass is 1010 g/mol. The summed E-state index contributed by atoms with van der Waals surface area (Å²) in [6, 6.07) is 32.0. The minimum atomic E-state index is -0.248. The molecule has 0 aliphatic rings. The number of allylic oxidation sites excluding steroid dienone is 2. The molecule has 5 heteroatoms. The van der Waals surface area contributed by atoms with Crippen LogP contribution in [0.3, 0.4) is 0 Å². The van der Waals surface area contributed by atoms with E-state index in [1.165, 1.54) is 28.3 Å². The standard InChI is InChI=1S/C23H26N.C20H20N.C14H26O2.Ir/c1-15(2)17-7-8-21-18(13-17)9-10-24-22(21)19-11-16(3)12-20(14-19)23(4,5)6;1-13(2)16-5-6-19-17(12-16)7-8-21-20(19)18-10-14(3)9-15(4)11-18;1-6-11(7-2)12(15)10-13(16)14(5,8-3)9-4;/h7-10,12-15H,1-6H3;5-10,12-13H,1-4H3;10-11,16H,6-9H2,1-5H3;/q2*-1;;/i10D;8D;;. The Kier molecular flexibility index (Phi) is 17.8. The summed E-state index contributed by atoms with van der Waals surface area (Å²) in [7, 11) is 0. The normalized spacial score (nSPS) is 12.4. The molecule has 333 valence electrons. The second-order valence-corrected chi connectivity index (χ2v) is 18.7. The van der Waals surface area contributed by atoms with Crippen LogP contribution in [0.5, 0.6) is 0 Å². The van der Waals surface area contributed by atoms with E-state index in [1.807, 2.05) is 53.7 Å². The molecule has 2 heterocycles. The van der Waals surface area contributed by atoms with Crippen molar-refractivity contribution < 1.29 is 32.7 Å². The van der Waals surface area contributed by atoms with Crippen molar-refractivity contribution in [2.75, 3.05) is 0 Å². The van der Waals surface area contributed by atoms with Gasteiger partial charge in [-0.15, -0.1) is 69.8 Å². The first-order valence-electron chi connectivity index (χ1n) is 23.4. The molecular weight excluding hydrogens is 937 g/mol. The smallest absolute Gasteiger partial charge is 0.162 e. The molecule has 0 saturated carbocycles. The van der Waals surface area contributed by atoms with Gasteiger partial charge < -0.3 is 15.1 Å². The fourth-order valence-corrected chi connectivity index (χ4v) is 7.44. The number of nitrogens with zero attached hydrogens (tertiary/aromatic N) is 2. The van der Waals surface area contributed by atoms with Crippen molar-refractivity contribution in [3.05, 3.63) is 142 Å². The zero-order chi connectivity index (χ0) is 47.0. The van der Waals surface area contributed by atoms with Crippen LogP contribution < -0.4 is 0 Å². The van der Waals surface area contributed by atoms with Gasteiger partial charge in [-0.3, -0.25) is 4.79 Å². The van der Waals surface area contributed by atoms with Gasteiger partial charge in [0.2, 0.25) is 0 Å². The van der Waals surface area contributed by atoms with Crippen molar-refractivity contribution in [1.29, 1.82) is 0 Å². The minimum Gasteiger partial charge on any atom is -0.512 e. The third-order valence-electron chi connectivity index (χ3n) is 12.2. The molecule has 0 spiro atoms. The van der Waals surface area contributed by atoms with Crippen LogP contribution in [0.1, 0.15) is 157 Å². The van der Waals surface area contributed by atoms with Crippen molar-refractivity contribution in [3.63, 3.8) is 0 Å². The second-order valence-electron chi connectivity index (χ2n) is 18.7. The quantitative estimate of drug-likeness (QED) is 0.0798. The van der Waals surface area contributed by atoms with E-state index in [0.29, 0.717) is 24.2 Å². The average Bonchev–Trinajstić information content (AvgIpc) is 3.22. The molecule has 0 atom stereocenters. The molecule has 0 aliphatic carbocycles. The number of carbonyl (C=O) groups is 1. The zero-order valence-corrected chi connectivity index (χ0v) is 42.5. The van der Waals surface area contributed by atoms with Crippen molar-refractivity contribution in [1.82, 2.24) is 9.97 Å². The van der Waals surface area contributed by atoms with Crippen molar-refractivity contribution in [3.8, 4) is 22.5 Å². The molecule has 6 rings (SSSR count). The van der Waals surface area contributed by atoms with Crippen LogP contribution >= 0.6 is 0 Å². The van der Waals surface area contributed by atoms with Crippen LogP contribution in [0.25, 0.3) is 44.1 Å². The molecule has 0 bridgehead atoms. The molecule has 0 unspecified atom stereocenters. The van der Waals surface area contributed by atoms with E-state index < -0.39 is 0 Å². The number of aryl methyl sites for hydroxylation is 3. The van der Waals surface area contributed by atoms with Gasteiger partial charge in [-0.25, -0.2) is 0 Å². The number of aromatic nitrogens is 2. The summed E-state index contributed by atoms with van der Waals surface area (Å²) in [6.07, 6.45) is 5.43. The molecule has 0 saturated heterocycles. The Morgan fingerprint density at radius 2 is 1.15 bits per heavy atom. The van der Waals surface area contributed by atoms with Crippen molar-refractivity contribution >= 4 is 27.3 Å². The number of hydrogen-bond donors (Lipinski definition) is 1. The number of rotatable bonds is 11. The molecule has 0 aliphatic heterocycles. The van der Waals surface area contributed by atoms with Crippen LogP contribution in [0.2, 0.25) is 0 Å². The predicted octanol–water partition coefficient (Wildman–Crippen LogP) is 16.1. The summed E-state index contributed by atoms with van der Waals surface area (Å²) in [4.78, 5) is 20.9. The minimum absolute atomic E-state index is 0. The number of fused-ring (bicyclic) bond motifs is 2. The first-order chi connectivity index (χ1) is 29.5. The third kappa shape index (κ3) is 13.3. The van der Waals surface area contributed by atoms with E-state index in [0.717, 1.165) is 80.9 Å². The maximum Gasteiger partial charge on any atom is 0.162 e. The summed E-state index contributed by atoms with van der Waals surface area (Å²) in [5, 5.41) is 14.3. The number of pyridine rings is 2. The molecular formula is C57H72IrN2O2-2. The van der Waals surface area contributed by atoms with E-state index in [4.69, 9.17) is 2.74 Å². The number of aliphatic hydroxyl groups excluding tert-OH is 1. The fraction of sp³-hybridized carbons (Fsp3) is 0.421. The Morgan fingerprint density at radius 3 is 1.55 bits per heavy atom. The largest absolute Gasteiger partial charge is 0.512 e. The summed E-state index contributed by atoms with van der Waals surface area (Å²) in [6.45, 7) is 31.7. The molecule has 4 aromatic carbocycles. The molecule has 1 N–H and O–H groups in total. The first-order valence-corrected chi connectivity index (χ1v) is 22.4. The molecule has 2 aromatic heterocycles. The van der Waals surface area contributed by atoms with E-state index >= 15 is 0 Å². The van der Waals surface area contributed by atoms with Crippen LogP contribution in [-0.2, 0) is 30.3 Å². The number of aliphatic hydroxyl groups is 1. The zero-order valence-electron chi connectivity index (χ0n) is 42.1. The van der Waals surface area contributed by atoms with E-state index in [-0.39, 0.29) is 48.4 Å². The van der Waals surface area contributed by atoms with Crippen LogP contribution in [0, 0.1) is 44.2 Å². The van der Waals surface area contributed by atoms with E-state index in [1.54, 1.807) is 0 Å². The maximum absolute atomic E-state index is 11.9. The van der Waals surface area contributed by atoms with Gasteiger partial charge in [0.1, 0.15) is 5.76 Å². The molecule has 4 nitrogen and oxygen atoms in total. The first kappa shape index (κ1) is 48.6. The van der Waals surface area contributed by atoms with Gasteiger partial charge in [0.15, 0.2) is 5.78 Å². The summed E-state index contributed by atoms with van der Waals surface area (Å²) in [5.41, 5.74) is 10.7. The number of ketones is 1. The summed E-state index contributed by atoms with van der Waals surface area (Å²) >= 11 is 0. The Bertz CT molecular complexity index is 2540. The number of hydrogen-bond acceptors (Lipinski definition) is 4. The average molecular weight is 1010 g/mol. The van der Waals surface area contributed by atoms with Crippen molar-refractivity contribution in [2.24, 2.45) is 11.3 Å². The fourth-order valence-electron chi connectivity index (χ4n) is 7.44. The molecule has 0 amide bonds. The van der Waals surface area contributed by atoms with E-state index in [2.05, 4.69) is 145 Å². The molecule has 62 heavy (non-hydrogen) atoms. The topological polar surface area (TPSA) is 63.1 Å². The van der Waals surface area contributed by atoms with Gasteiger partial charge in [0.05, 0.1) is 2.74 Å². The maximum atomic E-state index is 11.9. The van der Waals surface area contributed by atoms with Crippen LogP contribution in [-0.4, -0.2) is 20.9 Å². The summed E-state index contributed by atoms with van der Waals surface area (Å²) in [5.74, 6) is 1.31. The van der Waals surface area contributed by atoms with Gasteiger partial charge in [-0.05, 0) is 99.1 Å². The SMILES string of the molecule is CCC(CC)C(=O)C=C(O)C(C)(CC)CC.[2H]c1cc2cc(C(C)C)ccc2c(-c2[c-]c(C)cc(C(C)(C)C)c2)n1.[2H]c1cc2cc(C(C)C)ccc2c(-c2[c-]c(C)cc(C)c2)n1.[Ir]. The molecule has 6 aromatic rings. The third-order valence-corrected chi connectivity index (χ3v) is 12.2. The Morgan fingerprint density at radius 1 is 0.694 bits per heavy atom. The summed E-state index contributed by atoms with van der Waals surface area (Å²) < 4.78 is 16.2. The number of carbonyl (C=O) groups excluding carboxylic acids is 1.